The van der Waals surface area contributed by atoms with E-state index in [4.69, 9.17) is 11.5 Å². The van der Waals surface area contributed by atoms with E-state index in [0.29, 0.717) is 29.8 Å². The monoisotopic (exact) mass is 156 g/mol. The Morgan fingerprint density at radius 1 is 0.818 bits per heavy atom. The summed E-state index contributed by atoms with van der Waals surface area (Å²) in [4.78, 5) is 0. The highest BCUT2D eigenvalue weighted by atomic mass is 14.8. The molecule has 0 saturated heterocycles. The number of rotatable bonds is 0. The lowest BCUT2D eigenvalue weighted by molar-refractivity contribution is 0.147. The van der Waals surface area contributed by atoms with Crippen molar-refractivity contribution in [3.63, 3.8) is 0 Å². The summed E-state index contributed by atoms with van der Waals surface area (Å²) in [5.41, 5.74) is 11.9. The van der Waals surface area contributed by atoms with Gasteiger partial charge in [0, 0.05) is 12.1 Å². The van der Waals surface area contributed by atoms with E-state index >= 15 is 0 Å². The first-order valence-corrected chi connectivity index (χ1v) is 4.55. The summed E-state index contributed by atoms with van der Waals surface area (Å²) in [5.74, 6) is 1.93. The molecule has 66 valence electrons. The fourth-order valence-electron chi connectivity index (χ4n) is 2.00. The van der Waals surface area contributed by atoms with E-state index in [1.807, 2.05) is 0 Å². The molecule has 4 N–H and O–H groups in total. The van der Waals surface area contributed by atoms with E-state index < -0.39 is 0 Å². The third-order valence-corrected chi connectivity index (χ3v) is 3.55. The fraction of sp³-hybridized carbons (Fsp3) is 1.00. The van der Waals surface area contributed by atoms with E-state index in [9.17, 15) is 0 Å². The van der Waals surface area contributed by atoms with Crippen LogP contribution in [0.2, 0.25) is 0 Å². The minimum Gasteiger partial charge on any atom is -0.327 e. The van der Waals surface area contributed by atoms with E-state index in [1.54, 1.807) is 0 Å². The summed E-state index contributed by atoms with van der Waals surface area (Å²) >= 11 is 0. The van der Waals surface area contributed by atoms with Crippen LogP contribution in [0.25, 0.3) is 0 Å². The predicted octanol–water partition coefficient (Wildman–Crippen LogP) is 0.953. The Morgan fingerprint density at radius 2 is 1.18 bits per heavy atom. The Hall–Kier alpha value is -0.0800. The lowest BCUT2D eigenvalue weighted by Crippen LogP contribution is -2.49. The molecular weight excluding hydrogens is 136 g/mol. The second-order valence-corrected chi connectivity index (χ2v) is 4.14. The predicted molar refractivity (Wildman–Crippen MR) is 48.1 cm³/mol. The molecule has 1 rings (SSSR count). The van der Waals surface area contributed by atoms with Gasteiger partial charge in [0.15, 0.2) is 0 Å². The van der Waals surface area contributed by atoms with Crippen molar-refractivity contribution in [3.05, 3.63) is 0 Å². The molecule has 0 heterocycles. The minimum absolute atomic E-state index is 0.316. The largest absolute Gasteiger partial charge is 0.327 e. The van der Waals surface area contributed by atoms with Gasteiger partial charge < -0.3 is 11.5 Å². The number of hydrogen-bond donors (Lipinski definition) is 2. The van der Waals surface area contributed by atoms with E-state index in [2.05, 4.69) is 20.8 Å². The third kappa shape index (κ3) is 1.57. The van der Waals surface area contributed by atoms with E-state index in [-0.39, 0.29) is 0 Å². The van der Waals surface area contributed by atoms with Gasteiger partial charge in [-0.05, 0) is 24.2 Å². The molecule has 0 aliphatic heterocycles. The van der Waals surface area contributed by atoms with Crippen LogP contribution in [0.4, 0.5) is 0 Å². The molecule has 0 bridgehead atoms. The van der Waals surface area contributed by atoms with Crippen LogP contribution in [0.5, 0.6) is 0 Å². The van der Waals surface area contributed by atoms with Crippen molar-refractivity contribution >= 4 is 0 Å². The maximum atomic E-state index is 5.94. The van der Waals surface area contributed by atoms with Gasteiger partial charge in [-0.1, -0.05) is 20.8 Å². The maximum absolute atomic E-state index is 5.94. The lowest BCUT2D eigenvalue weighted by atomic mass is 9.70. The van der Waals surface area contributed by atoms with Gasteiger partial charge in [-0.25, -0.2) is 0 Å². The molecule has 0 aromatic rings. The van der Waals surface area contributed by atoms with Crippen molar-refractivity contribution in [3.8, 4) is 0 Å². The molecule has 0 aromatic heterocycles. The Balaban J connectivity index is 2.63. The van der Waals surface area contributed by atoms with Crippen molar-refractivity contribution < 1.29 is 0 Å². The van der Waals surface area contributed by atoms with Gasteiger partial charge >= 0.3 is 0 Å². The first kappa shape index (κ1) is 9.01. The Bertz CT molecular complexity index is 122. The van der Waals surface area contributed by atoms with E-state index in [1.165, 1.54) is 0 Å². The number of nitrogens with two attached hydrogens (primary N) is 2. The van der Waals surface area contributed by atoms with E-state index in [0.717, 1.165) is 6.42 Å². The van der Waals surface area contributed by atoms with Gasteiger partial charge in [-0.3, -0.25) is 0 Å². The summed E-state index contributed by atoms with van der Waals surface area (Å²) in [6, 6.07) is 0.632. The SMILES string of the molecule is CC1C(N)CC(N)C(C)C1C. The number of hydrogen-bond acceptors (Lipinski definition) is 2. The second-order valence-electron chi connectivity index (χ2n) is 4.14. The molecule has 4 atom stereocenters. The molecule has 1 saturated carbocycles. The van der Waals surface area contributed by atoms with Crippen molar-refractivity contribution in [1.82, 2.24) is 0 Å². The fourth-order valence-corrected chi connectivity index (χ4v) is 2.00. The van der Waals surface area contributed by atoms with Gasteiger partial charge in [0.1, 0.15) is 0 Å². The van der Waals surface area contributed by atoms with Gasteiger partial charge in [-0.15, -0.1) is 0 Å². The van der Waals surface area contributed by atoms with Crippen molar-refractivity contribution in [2.45, 2.75) is 39.3 Å². The highest BCUT2D eigenvalue weighted by Crippen LogP contribution is 2.32. The Kier molecular flexibility index (Phi) is 2.55. The topological polar surface area (TPSA) is 52.0 Å². The normalized spacial score (nSPS) is 52.6. The van der Waals surface area contributed by atoms with Crippen LogP contribution in [-0.2, 0) is 0 Å². The first-order chi connectivity index (χ1) is 5.04. The van der Waals surface area contributed by atoms with Gasteiger partial charge in [0.2, 0.25) is 0 Å². The van der Waals surface area contributed by atoms with Gasteiger partial charge in [0.05, 0.1) is 0 Å². The highest BCUT2D eigenvalue weighted by molar-refractivity contribution is 4.90. The summed E-state index contributed by atoms with van der Waals surface area (Å²) < 4.78 is 0. The molecule has 0 radical (unpaired) electrons. The van der Waals surface area contributed by atoms with Crippen LogP contribution in [-0.4, -0.2) is 12.1 Å². The third-order valence-electron chi connectivity index (χ3n) is 3.55. The molecule has 11 heavy (non-hydrogen) atoms. The first-order valence-electron chi connectivity index (χ1n) is 4.55. The Labute approximate surface area is 69.3 Å². The molecule has 1 fully saturated rings. The molecular formula is C9H20N2. The van der Waals surface area contributed by atoms with Crippen LogP contribution < -0.4 is 11.5 Å². The molecule has 0 spiro atoms. The Morgan fingerprint density at radius 3 is 1.55 bits per heavy atom. The van der Waals surface area contributed by atoms with Crippen LogP contribution in [0.1, 0.15) is 27.2 Å². The van der Waals surface area contributed by atoms with Crippen LogP contribution >= 0.6 is 0 Å². The van der Waals surface area contributed by atoms with Crippen LogP contribution in [0.3, 0.4) is 0 Å². The smallest absolute Gasteiger partial charge is 0.00820 e. The molecule has 2 nitrogen and oxygen atoms in total. The summed E-state index contributed by atoms with van der Waals surface area (Å²) in [6.07, 6.45) is 0.993. The molecule has 1 aliphatic rings. The average Bonchev–Trinajstić information content (AvgIpc) is 1.97. The zero-order valence-electron chi connectivity index (χ0n) is 7.75. The van der Waals surface area contributed by atoms with Gasteiger partial charge in [-0.2, -0.15) is 0 Å². The van der Waals surface area contributed by atoms with Crippen molar-refractivity contribution in [1.29, 1.82) is 0 Å². The highest BCUT2D eigenvalue weighted by Gasteiger charge is 2.34. The molecule has 2 heteroatoms. The average molecular weight is 156 g/mol. The summed E-state index contributed by atoms with van der Waals surface area (Å²) in [7, 11) is 0. The van der Waals surface area contributed by atoms with Crippen molar-refractivity contribution in [2.24, 2.45) is 29.2 Å². The van der Waals surface area contributed by atoms with Crippen LogP contribution in [0.15, 0.2) is 0 Å². The van der Waals surface area contributed by atoms with Crippen LogP contribution in [0, 0.1) is 17.8 Å². The second kappa shape index (κ2) is 3.11. The molecule has 0 aromatic carbocycles. The maximum Gasteiger partial charge on any atom is 0.00820 e. The van der Waals surface area contributed by atoms with Gasteiger partial charge in [0.25, 0.3) is 0 Å². The van der Waals surface area contributed by atoms with Crippen molar-refractivity contribution in [2.75, 3.05) is 0 Å². The molecule has 1 aliphatic carbocycles. The minimum atomic E-state index is 0.316. The standard InChI is InChI=1S/C9H20N2/c1-5-6(2)8(10)4-9(11)7(5)3/h5-9H,4,10-11H2,1-3H3. The lowest BCUT2D eigenvalue weighted by Gasteiger charge is -2.40. The summed E-state index contributed by atoms with van der Waals surface area (Å²) in [5, 5.41) is 0. The summed E-state index contributed by atoms with van der Waals surface area (Å²) in [6.45, 7) is 6.73. The molecule has 0 amide bonds. The zero-order valence-corrected chi connectivity index (χ0v) is 7.75. The molecule has 4 unspecified atom stereocenters. The quantitative estimate of drug-likeness (QED) is 0.548. The zero-order chi connectivity index (χ0) is 8.59.